The molecule has 0 spiro atoms. The van der Waals surface area contributed by atoms with E-state index >= 15 is 0 Å². The predicted octanol–water partition coefficient (Wildman–Crippen LogP) is 1.96. The molecule has 0 radical (unpaired) electrons. The van der Waals surface area contributed by atoms with E-state index in [4.69, 9.17) is 17.4 Å². The molecule has 18 heavy (non-hydrogen) atoms. The molecular formula is C12H14ClFN4. The Morgan fingerprint density at radius 3 is 2.94 bits per heavy atom. The van der Waals surface area contributed by atoms with Crippen LogP contribution in [-0.2, 0) is 13.5 Å². The van der Waals surface area contributed by atoms with Crippen LogP contribution in [0.15, 0.2) is 30.6 Å². The first kappa shape index (κ1) is 13.0. The summed E-state index contributed by atoms with van der Waals surface area (Å²) in [5, 5.41) is 4.22. The van der Waals surface area contributed by atoms with Gasteiger partial charge in [-0.2, -0.15) is 5.10 Å². The van der Waals surface area contributed by atoms with Crippen molar-refractivity contribution in [2.24, 2.45) is 12.9 Å². The molecular weight excluding hydrogens is 255 g/mol. The minimum absolute atomic E-state index is 0.140. The summed E-state index contributed by atoms with van der Waals surface area (Å²) in [6.07, 6.45) is 4.08. The van der Waals surface area contributed by atoms with Gasteiger partial charge in [0.2, 0.25) is 0 Å². The third-order valence-corrected chi connectivity index (χ3v) is 3.21. The standard InChI is InChI=1S/C12H14ClFN4/c1-18-7-9(6-16-18)11(17-15)5-8-3-2-4-10(14)12(8)13/h2-4,6-7,11,17H,5,15H2,1H3. The van der Waals surface area contributed by atoms with Crippen LogP contribution < -0.4 is 11.3 Å². The average molecular weight is 269 g/mol. The number of nitrogens with zero attached hydrogens (tertiary/aromatic N) is 2. The zero-order valence-electron chi connectivity index (χ0n) is 9.90. The smallest absolute Gasteiger partial charge is 0.142 e. The largest absolute Gasteiger partial charge is 0.275 e. The van der Waals surface area contributed by atoms with Gasteiger partial charge < -0.3 is 0 Å². The first-order valence-corrected chi connectivity index (χ1v) is 5.87. The van der Waals surface area contributed by atoms with E-state index in [1.807, 2.05) is 13.2 Å². The Morgan fingerprint density at radius 1 is 1.56 bits per heavy atom. The molecule has 0 amide bonds. The molecule has 1 atom stereocenters. The van der Waals surface area contributed by atoms with E-state index < -0.39 is 5.82 Å². The zero-order valence-corrected chi connectivity index (χ0v) is 10.7. The van der Waals surface area contributed by atoms with Gasteiger partial charge in [0.1, 0.15) is 5.82 Å². The zero-order chi connectivity index (χ0) is 13.1. The molecule has 6 heteroatoms. The molecule has 2 rings (SSSR count). The fraction of sp³-hybridized carbons (Fsp3) is 0.250. The van der Waals surface area contributed by atoms with E-state index in [0.717, 1.165) is 5.56 Å². The number of benzene rings is 1. The Labute approximate surface area is 110 Å². The van der Waals surface area contributed by atoms with E-state index in [9.17, 15) is 4.39 Å². The number of nitrogens with one attached hydrogen (secondary N) is 1. The van der Waals surface area contributed by atoms with Crippen LogP contribution in [0.2, 0.25) is 5.02 Å². The Hall–Kier alpha value is -1.43. The number of aryl methyl sites for hydroxylation is 1. The lowest BCUT2D eigenvalue weighted by molar-refractivity contribution is 0.548. The molecule has 0 aliphatic carbocycles. The molecule has 0 aliphatic rings. The lowest BCUT2D eigenvalue weighted by Crippen LogP contribution is -2.29. The summed E-state index contributed by atoms with van der Waals surface area (Å²) in [5.74, 6) is 5.11. The van der Waals surface area contributed by atoms with Gasteiger partial charge in [0.05, 0.1) is 17.3 Å². The number of nitrogens with two attached hydrogens (primary N) is 1. The summed E-state index contributed by atoms with van der Waals surface area (Å²) in [5.41, 5.74) is 4.33. The predicted molar refractivity (Wildman–Crippen MR) is 68.4 cm³/mol. The van der Waals surface area contributed by atoms with Crippen LogP contribution in [0.25, 0.3) is 0 Å². The summed E-state index contributed by atoms with van der Waals surface area (Å²) in [7, 11) is 1.83. The molecule has 0 saturated carbocycles. The molecule has 1 heterocycles. The normalized spacial score (nSPS) is 12.7. The fourth-order valence-corrected chi connectivity index (χ4v) is 2.02. The molecule has 4 nitrogen and oxygen atoms in total. The Balaban J connectivity index is 2.23. The van der Waals surface area contributed by atoms with Crippen molar-refractivity contribution in [1.82, 2.24) is 15.2 Å². The Morgan fingerprint density at radius 2 is 2.33 bits per heavy atom. The maximum Gasteiger partial charge on any atom is 0.142 e. The van der Waals surface area contributed by atoms with Crippen molar-refractivity contribution in [3.63, 3.8) is 0 Å². The van der Waals surface area contributed by atoms with Gasteiger partial charge in [-0.3, -0.25) is 16.0 Å². The molecule has 3 N–H and O–H groups in total. The van der Waals surface area contributed by atoms with Crippen LogP contribution in [0.5, 0.6) is 0 Å². The molecule has 0 fully saturated rings. The minimum atomic E-state index is -0.420. The highest BCUT2D eigenvalue weighted by Crippen LogP contribution is 2.25. The molecule has 0 bridgehead atoms. The molecule has 1 aromatic carbocycles. The van der Waals surface area contributed by atoms with Gasteiger partial charge in [0.25, 0.3) is 0 Å². The van der Waals surface area contributed by atoms with Crippen molar-refractivity contribution >= 4 is 11.6 Å². The van der Waals surface area contributed by atoms with Crippen molar-refractivity contribution < 1.29 is 4.39 Å². The summed E-state index contributed by atoms with van der Waals surface area (Å²) < 4.78 is 15.0. The lowest BCUT2D eigenvalue weighted by atomic mass is 10.0. The van der Waals surface area contributed by atoms with E-state index in [2.05, 4.69) is 10.5 Å². The SMILES string of the molecule is Cn1cc(C(Cc2cccc(F)c2Cl)NN)cn1. The maximum absolute atomic E-state index is 13.3. The van der Waals surface area contributed by atoms with Gasteiger partial charge in [0, 0.05) is 18.8 Å². The summed E-state index contributed by atoms with van der Waals surface area (Å²) in [6.45, 7) is 0. The monoisotopic (exact) mass is 268 g/mol. The number of aromatic nitrogens is 2. The topological polar surface area (TPSA) is 55.9 Å². The van der Waals surface area contributed by atoms with Gasteiger partial charge in [-0.05, 0) is 18.1 Å². The maximum atomic E-state index is 13.3. The third-order valence-electron chi connectivity index (χ3n) is 2.78. The molecule has 1 unspecified atom stereocenters. The molecule has 0 aliphatic heterocycles. The van der Waals surface area contributed by atoms with Crippen molar-refractivity contribution in [1.29, 1.82) is 0 Å². The van der Waals surface area contributed by atoms with E-state index in [1.165, 1.54) is 6.07 Å². The number of hydrogen-bond donors (Lipinski definition) is 2. The van der Waals surface area contributed by atoms with Crippen LogP contribution in [-0.4, -0.2) is 9.78 Å². The Bertz CT molecular complexity index is 541. The molecule has 2 aromatic rings. The van der Waals surface area contributed by atoms with Gasteiger partial charge in [-0.25, -0.2) is 4.39 Å². The van der Waals surface area contributed by atoms with Crippen molar-refractivity contribution in [3.8, 4) is 0 Å². The van der Waals surface area contributed by atoms with E-state index in [-0.39, 0.29) is 11.1 Å². The second kappa shape index (κ2) is 5.48. The molecule has 1 aromatic heterocycles. The van der Waals surface area contributed by atoms with Gasteiger partial charge >= 0.3 is 0 Å². The second-order valence-electron chi connectivity index (χ2n) is 4.08. The first-order chi connectivity index (χ1) is 8.61. The summed E-state index contributed by atoms with van der Waals surface area (Å²) >= 11 is 5.92. The highest BCUT2D eigenvalue weighted by molar-refractivity contribution is 6.31. The first-order valence-electron chi connectivity index (χ1n) is 5.49. The van der Waals surface area contributed by atoms with Crippen molar-refractivity contribution in [2.75, 3.05) is 0 Å². The minimum Gasteiger partial charge on any atom is -0.275 e. The van der Waals surface area contributed by atoms with E-state index in [1.54, 1.807) is 23.0 Å². The third kappa shape index (κ3) is 2.69. The quantitative estimate of drug-likeness (QED) is 0.658. The fourth-order valence-electron chi connectivity index (χ4n) is 1.82. The van der Waals surface area contributed by atoms with Gasteiger partial charge in [0.15, 0.2) is 0 Å². The molecule has 96 valence electrons. The average Bonchev–Trinajstić information content (AvgIpc) is 2.78. The lowest BCUT2D eigenvalue weighted by Gasteiger charge is -2.15. The van der Waals surface area contributed by atoms with Crippen LogP contribution in [0, 0.1) is 5.82 Å². The van der Waals surface area contributed by atoms with Crippen LogP contribution in [0.4, 0.5) is 4.39 Å². The second-order valence-corrected chi connectivity index (χ2v) is 4.46. The summed E-state index contributed by atoms with van der Waals surface area (Å²) in [4.78, 5) is 0. The number of rotatable bonds is 4. The highest BCUT2D eigenvalue weighted by atomic mass is 35.5. The van der Waals surface area contributed by atoms with Gasteiger partial charge in [-0.1, -0.05) is 23.7 Å². The number of hydrazine groups is 1. The van der Waals surface area contributed by atoms with Gasteiger partial charge in [-0.15, -0.1) is 0 Å². The Kier molecular flexibility index (Phi) is 3.96. The van der Waals surface area contributed by atoms with E-state index in [0.29, 0.717) is 12.0 Å². The van der Waals surface area contributed by atoms with Crippen molar-refractivity contribution in [2.45, 2.75) is 12.5 Å². The summed E-state index contributed by atoms with van der Waals surface area (Å²) in [6, 6.07) is 4.60. The molecule has 0 saturated heterocycles. The van der Waals surface area contributed by atoms with Crippen molar-refractivity contribution in [3.05, 3.63) is 52.6 Å². The van der Waals surface area contributed by atoms with Crippen LogP contribution in [0.1, 0.15) is 17.2 Å². The van der Waals surface area contributed by atoms with Crippen LogP contribution >= 0.6 is 11.6 Å². The van der Waals surface area contributed by atoms with Crippen LogP contribution in [0.3, 0.4) is 0 Å². The number of halogens is 2. The highest BCUT2D eigenvalue weighted by Gasteiger charge is 2.15. The number of hydrogen-bond acceptors (Lipinski definition) is 3.